The molecule has 138 valence electrons. The fraction of sp³-hybridized carbons (Fsp3) is 0.278. The predicted octanol–water partition coefficient (Wildman–Crippen LogP) is 1.79. The number of nitrogens with zero attached hydrogens (tertiary/aromatic N) is 1. The van der Waals surface area contributed by atoms with E-state index in [1.165, 1.54) is 26.4 Å². The van der Waals surface area contributed by atoms with Gasteiger partial charge in [0.2, 0.25) is 15.9 Å². The molecule has 26 heavy (non-hydrogen) atoms. The van der Waals surface area contributed by atoms with E-state index in [1.807, 2.05) is 30.3 Å². The second kappa shape index (κ2) is 7.35. The van der Waals surface area contributed by atoms with Crippen molar-refractivity contribution in [3.8, 4) is 11.5 Å². The summed E-state index contributed by atoms with van der Waals surface area (Å²) in [7, 11) is -1.02. The highest BCUT2D eigenvalue weighted by Crippen LogP contribution is 2.29. The lowest BCUT2D eigenvalue weighted by molar-refractivity contribution is -0.117. The van der Waals surface area contributed by atoms with Crippen LogP contribution < -0.4 is 19.1 Å². The maximum Gasteiger partial charge on any atom is 0.244 e. The van der Waals surface area contributed by atoms with Crippen LogP contribution in [0.5, 0.6) is 11.5 Å². The number of methoxy groups -OCH3 is 2. The minimum Gasteiger partial charge on any atom is -0.497 e. The highest BCUT2D eigenvalue weighted by molar-refractivity contribution is 7.89. The summed E-state index contributed by atoms with van der Waals surface area (Å²) >= 11 is 0. The Morgan fingerprint density at radius 3 is 2.46 bits per heavy atom. The Bertz CT molecular complexity index is 899. The number of rotatable bonds is 6. The van der Waals surface area contributed by atoms with Gasteiger partial charge in [-0.2, -0.15) is 0 Å². The molecule has 0 bridgehead atoms. The summed E-state index contributed by atoms with van der Waals surface area (Å²) in [5.41, 5.74) is 0.748. The fourth-order valence-electron chi connectivity index (χ4n) is 2.92. The molecule has 1 saturated heterocycles. The molecule has 0 saturated carbocycles. The van der Waals surface area contributed by atoms with Crippen molar-refractivity contribution < 1.29 is 22.7 Å². The van der Waals surface area contributed by atoms with Gasteiger partial charge in [-0.15, -0.1) is 0 Å². The maximum absolute atomic E-state index is 12.8. The van der Waals surface area contributed by atoms with Crippen LogP contribution in [0.3, 0.4) is 0 Å². The van der Waals surface area contributed by atoms with Crippen molar-refractivity contribution in [2.45, 2.75) is 17.4 Å². The van der Waals surface area contributed by atoms with Crippen LogP contribution in [-0.4, -0.2) is 41.1 Å². The second-order valence-corrected chi connectivity index (χ2v) is 7.56. The molecule has 0 unspecified atom stereocenters. The molecule has 1 atom stereocenters. The average Bonchev–Trinajstić information content (AvgIpc) is 3.01. The van der Waals surface area contributed by atoms with E-state index < -0.39 is 16.1 Å². The van der Waals surface area contributed by atoms with Crippen molar-refractivity contribution in [2.75, 3.05) is 25.7 Å². The number of benzene rings is 2. The zero-order valence-corrected chi connectivity index (χ0v) is 15.3. The molecule has 0 aromatic heterocycles. The summed E-state index contributed by atoms with van der Waals surface area (Å²) in [5, 5.41) is 0. The minimum absolute atomic E-state index is 0.0232. The molecule has 3 rings (SSSR count). The van der Waals surface area contributed by atoms with Crippen molar-refractivity contribution in [1.29, 1.82) is 0 Å². The SMILES string of the molecule is COc1ccc(OC)c(S(=O)(=O)N[C@@H]2CC(=O)N(c3ccccc3)C2)c1. The van der Waals surface area contributed by atoms with Gasteiger partial charge in [-0.3, -0.25) is 4.79 Å². The van der Waals surface area contributed by atoms with E-state index in [9.17, 15) is 13.2 Å². The molecular formula is C18H20N2O5S. The van der Waals surface area contributed by atoms with Crippen molar-refractivity contribution in [3.63, 3.8) is 0 Å². The Labute approximate surface area is 152 Å². The largest absolute Gasteiger partial charge is 0.497 e. The number of carbonyl (C=O) groups excluding carboxylic acids is 1. The monoisotopic (exact) mass is 376 g/mol. The van der Waals surface area contributed by atoms with Crippen LogP contribution in [0, 0.1) is 0 Å². The molecule has 7 nitrogen and oxygen atoms in total. The Hall–Kier alpha value is -2.58. The lowest BCUT2D eigenvalue weighted by Gasteiger charge is -2.18. The Balaban J connectivity index is 1.82. The summed E-state index contributed by atoms with van der Waals surface area (Å²) in [6.07, 6.45) is 0.0976. The first kappa shape index (κ1) is 18.2. The number of hydrogen-bond donors (Lipinski definition) is 1. The molecule has 0 spiro atoms. The van der Waals surface area contributed by atoms with Crippen LogP contribution in [0.4, 0.5) is 5.69 Å². The Morgan fingerprint density at radius 2 is 1.81 bits per heavy atom. The van der Waals surface area contributed by atoms with E-state index in [0.29, 0.717) is 5.75 Å². The third kappa shape index (κ3) is 3.66. The van der Waals surface area contributed by atoms with Crippen LogP contribution in [0.2, 0.25) is 0 Å². The first-order valence-electron chi connectivity index (χ1n) is 8.04. The number of para-hydroxylation sites is 1. The molecule has 0 radical (unpaired) electrons. The van der Waals surface area contributed by atoms with Gasteiger partial charge in [0.1, 0.15) is 16.4 Å². The number of amides is 1. The van der Waals surface area contributed by atoms with E-state index in [-0.39, 0.29) is 29.5 Å². The van der Waals surface area contributed by atoms with Gasteiger partial charge in [-0.25, -0.2) is 13.1 Å². The van der Waals surface area contributed by atoms with Crippen LogP contribution in [0.1, 0.15) is 6.42 Å². The van der Waals surface area contributed by atoms with E-state index in [1.54, 1.807) is 11.0 Å². The lowest BCUT2D eigenvalue weighted by Crippen LogP contribution is -2.37. The zero-order chi connectivity index (χ0) is 18.7. The van der Waals surface area contributed by atoms with Gasteiger partial charge in [0.05, 0.1) is 14.2 Å². The van der Waals surface area contributed by atoms with Gasteiger partial charge in [-0.05, 0) is 24.3 Å². The summed E-state index contributed by atoms with van der Waals surface area (Å²) in [6.45, 7) is 0.272. The molecule has 2 aromatic rings. The van der Waals surface area contributed by atoms with Crippen molar-refractivity contribution in [2.24, 2.45) is 0 Å². The normalized spacial score (nSPS) is 17.4. The van der Waals surface area contributed by atoms with E-state index >= 15 is 0 Å². The molecule has 8 heteroatoms. The highest BCUT2D eigenvalue weighted by atomic mass is 32.2. The van der Waals surface area contributed by atoms with E-state index in [0.717, 1.165) is 5.69 Å². The molecule has 1 amide bonds. The molecule has 0 aliphatic carbocycles. The molecule has 1 heterocycles. The van der Waals surface area contributed by atoms with Gasteiger partial charge < -0.3 is 14.4 Å². The summed E-state index contributed by atoms with van der Waals surface area (Å²) in [6, 6.07) is 13.2. The number of nitrogens with one attached hydrogen (secondary N) is 1. The van der Waals surface area contributed by atoms with E-state index in [2.05, 4.69) is 4.72 Å². The zero-order valence-electron chi connectivity index (χ0n) is 14.5. The quantitative estimate of drug-likeness (QED) is 0.831. The minimum atomic E-state index is -3.88. The highest BCUT2D eigenvalue weighted by Gasteiger charge is 2.34. The average molecular weight is 376 g/mol. The van der Waals surface area contributed by atoms with Gasteiger partial charge >= 0.3 is 0 Å². The van der Waals surface area contributed by atoms with Gasteiger partial charge in [0.15, 0.2) is 0 Å². The first-order chi connectivity index (χ1) is 12.4. The predicted molar refractivity (Wildman–Crippen MR) is 97.1 cm³/mol. The number of anilines is 1. The molecule has 1 aliphatic rings. The molecular weight excluding hydrogens is 356 g/mol. The standard InChI is InChI=1S/C18H20N2O5S/c1-24-15-8-9-16(25-2)17(11-15)26(22,23)19-13-10-18(21)20(12-13)14-6-4-3-5-7-14/h3-9,11,13,19H,10,12H2,1-2H3/t13-/m1/s1. The summed E-state index contributed by atoms with van der Waals surface area (Å²) in [4.78, 5) is 13.8. The maximum atomic E-state index is 12.8. The van der Waals surface area contributed by atoms with Crippen LogP contribution in [0.25, 0.3) is 0 Å². The summed E-state index contributed by atoms with van der Waals surface area (Å²) in [5.74, 6) is 0.489. The summed E-state index contributed by atoms with van der Waals surface area (Å²) < 4.78 is 38.5. The van der Waals surface area contributed by atoms with Crippen LogP contribution in [0.15, 0.2) is 53.4 Å². The topological polar surface area (TPSA) is 84.9 Å². The van der Waals surface area contributed by atoms with Gasteiger partial charge in [0.25, 0.3) is 0 Å². The van der Waals surface area contributed by atoms with Crippen LogP contribution >= 0.6 is 0 Å². The first-order valence-corrected chi connectivity index (χ1v) is 9.52. The van der Waals surface area contributed by atoms with Gasteiger partial charge in [-0.1, -0.05) is 18.2 Å². The molecule has 1 N–H and O–H groups in total. The molecule has 1 fully saturated rings. The number of sulfonamides is 1. The Kier molecular flexibility index (Phi) is 5.15. The number of hydrogen-bond acceptors (Lipinski definition) is 5. The number of carbonyl (C=O) groups is 1. The molecule has 1 aliphatic heterocycles. The smallest absolute Gasteiger partial charge is 0.244 e. The lowest BCUT2D eigenvalue weighted by atomic mass is 10.3. The van der Waals surface area contributed by atoms with Gasteiger partial charge in [0, 0.05) is 30.8 Å². The number of ether oxygens (including phenoxy) is 2. The fourth-order valence-corrected chi connectivity index (χ4v) is 4.33. The van der Waals surface area contributed by atoms with Crippen molar-refractivity contribution in [1.82, 2.24) is 4.72 Å². The second-order valence-electron chi connectivity index (χ2n) is 5.88. The molecule has 2 aromatic carbocycles. The van der Waals surface area contributed by atoms with Crippen molar-refractivity contribution in [3.05, 3.63) is 48.5 Å². The third-order valence-electron chi connectivity index (χ3n) is 4.18. The Morgan fingerprint density at radius 1 is 1.08 bits per heavy atom. The van der Waals surface area contributed by atoms with E-state index in [4.69, 9.17) is 9.47 Å². The van der Waals surface area contributed by atoms with Crippen LogP contribution in [-0.2, 0) is 14.8 Å². The third-order valence-corrected chi connectivity index (χ3v) is 5.72. The van der Waals surface area contributed by atoms with Crippen molar-refractivity contribution >= 4 is 21.6 Å².